The number of benzene rings is 1. The second kappa shape index (κ2) is 5.77. The minimum absolute atomic E-state index is 0.325. The number of aromatic nitrogens is 4. The van der Waals surface area contributed by atoms with E-state index in [1.54, 1.807) is 26.0 Å². The second-order valence-corrected chi connectivity index (χ2v) is 4.71. The highest BCUT2D eigenvalue weighted by molar-refractivity contribution is 5.70. The topological polar surface area (TPSA) is 80.9 Å². The Hall–Kier alpha value is -2.31. The molecular formula is C13H15FN4O2. The Bertz CT molecular complexity index is 614. The number of carboxylic acid groups (broad SMARTS) is 1. The van der Waals surface area contributed by atoms with E-state index in [1.165, 1.54) is 16.8 Å². The third-order valence-electron chi connectivity index (χ3n) is 3.31. The summed E-state index contributed by atoms with van der Waals surface area (Å²) in [6.45, 7) is 3.34. The van der Waals surface area contributed by atoms with Gasteiger partial charge in [0.1, 0.15) is 5.82 Å². The van der Waals surface area contributed by atoms with E-state index in [0.29, 0.717) is 12.2 Å². The molecule has 0 saturated carbocycles. The lowest BCUT2D eigenvalue weighted by Gasteiger charge is -2.17. The van der Waals surface area contributed by atoms with Gasteiger partial charge in [-0.15, -0.1) is 5.10 Å². The molecule has 2 atom stereocenters. The number of rotatable bonds is 5. The van der Waals surface area contributed by atoms with E-state index in [9.17, 15) is 9.18 Å². The normalized spacial score (nSPS) is 13.9. The molecule has 106 valence electrons. The van der Waals surface area contributed by atoms with Crippen LogP contribution >= 0.6 is 0 Å². The zero-order valence-corrected chi connectivity index (χ0v) is 11.2. The summed E-state index contributed by atoms with van der Waals surface area (Å²) in [5.41, 5.74) is 0.733. The number of hydrogen-bond acceptors (Lipinski definition) is 4. The fraction of sp³-hybridized carbons (Fsp3) is 0.385. The number of carboxylic acids is 1. The molecule has 0 bridgehead atoms. The van der Waals surface area contributed by atoms with E-state index < -0.39 is 11.9 Å². The van der Waals surface area contributed by atoms with Crippen molar-refractivity contribution in [1.29, 1.82) is 0 Å². The molecule has 20 heavy (non-hydrogen) atoms. The molecule has 0 fully saturated rings. The highest BCUT2D eigenvalue weighted by atomic mass is 19.1. The van der Waals surface area contributed by atoms with E-state index >= 15 is 0 Å². The summed E-state index contributed by atoms with van der Waals surface area (Å²) in [6.07, 6.45) is 0.349. The van der Waals surface area contributed by atoms with Gasteiger partial charge in [0.25, 0.3) is 0 Å². The third-order valence-corrected chi connectivity index (χ3v) is 3.31. The van der Waals surface area contributed by atoms with E-state index in [1.807, 2.05) is 0 Å². The number of nitrogens with zero attached hydrogens (tertiary/aromatic N) is 4. The lowest BCUT2D eigenvalue weighted by molar-refractivity contribution is -0.142. The van der Waals surface area contributed by atoms with Gasteiger partial charge in [0.2, 0.25) is 0 Å². The maximum absolute atomic E-state index is 13.2. The van der Waals surface area contributed by atoms with Crippen LogP contribution < -0.4 is 0 Å². The summed E-state index contributed by atoms with van der Waals surface area (Å²) in [5, 5.41) is 20.3. The fourth-order valence-corrected chi connectivity index (χ4v) is 1.89. The highest BCUT2D eigenvalue weighted by Crippen LogP contribution is 2.19. The van der Waals surface area contributed by atoms with Crippen molar-refractivity contribution >= 4 is 5.97 Å². The van der Waals surface area contributed by atoms with Gasteiger partial charge < -0.3 is 5.11 Å². The van der Waals surface area contributed by atoms with Gasteiger partial charge in [-0.25, -0.2) is 9.07 Å². The standard InChI is InChI=1S/C13H15FN4O2/c1-8(13(19)20)9(2)18-12(15-16-17-18)7-10-4-3-5-11(14)6-10/h3-6,8-9H,7H2,1-2H3,(H,19,20). The lowest BCUT2D eigenvalue weighted by Crippen LogP contribution is -2.24. The van der Waals surface area contributed by atoms with Crippen LogP contribution in [0.4, 0.5) is 4.39 Å². The maximum Gasteiger partial charge on any atom is 0.308 e. The number of tetrazole rings is 1. The first kappa shape index (κ1) is 14.1. The molecule has 0 aliphatic heterocycles. The van der Waals surface area contributed by atoms with Gasteiger partial charge in [-0.1, -0.05) is 12.1 Å². The van der Waals surface area contributed by atoms with Crippen molar-refractivity contribution in [3.8, 4) is 0 Å². The first-order valence-corrected chi connectivity index (χ1v) is 6.23. The number of hydrogen-bond donors (Lipinski definition) is 1. The molecule has 7 heteroatoms. The predicted molar refractivity (Wildman–Crippen MR) is 68.5 cm³/mol. The summed E-state index contributed by atoms with van der Waals surface area (Å²) in [7, 11) is 0. The molecule has 0 amide bonds. The molecule has 0 radical (unpaired) electrons. The largest absolute Gasteiger partial charge is 0.481 e. The van der Waals surface area contributed by atoms with Crippen molar-refractivity contribution in [2.45, 2.75) is 26.3 Å². The summed E-state index contributed by atoms with van der Waals surface area (Å²) in [4.78, 5) is 11.0. The van der Waals surface area contributed by atoms with Crippen molar-refractivity contribution in [1.82, 2.24) is 20.2 Å². The molecule has 0 spiro atoms. The van der Waals surface area contributed by atoms with Gasteiger partial charge >= 0.3 is 5.97 Å². The van der Waals surface area contributed by atoms with Crippen LogP contribution in [0, 0.1) is 11.7 Å². The SMILES string of the molecule is CC(C(=O)O)C(C)n1nnnc1Cc1cccc(F)c1. The van der Waals surface area contributed by atoms with Crippen molar-refractivity contribution in [2.24, 2.45) is 5.92 Å². The number of halogens is 1. The van der Waals surface area contributed by atoms with Crippen molar-refractivity contribution in [3.63, 3.8) is 0 Å². The molecule has 2 rings (SSSR count). The maximum atomic E-state index is 13.2. The minimum atomic E-state index is -0.912. The molecule has 6 nitrogen and oxygen atoms in total. The van der Waals surface area contributed by atoms with E-state index in [4.69, 9.17) is 5.11 Å². The Morgan fingerprint density at radius 1 is 1.45 bits per heavy atom. The molecule has 0 saturated heterocycles. The van der Waals surface area contributed by atoms with E-state index in [-0.39, 0.29) is 11.9 Å². The third kappa shape index (κ3) is 2.98. The number of carbonyl (C=O) groups is 1. The minimum Gasteiger partial charge on any atom is -0.481 e. The summed E-state index contributed by atoms with van der Waals surface area (Å²) in [5.74, 6) is -1.35. The Kier molecular flexibility index (Phi) is 4.07. The van der Waals surface area contributed by atoms with E-state index in [0.717, 1.165) is 5.56 Å². The Labute approximate surface area is 115 Å². The Balaban J connectivity index is 2.22. The van der Waals surface area contributed by atoms with Crippen LogP contribution in [0.5, 0.6) is 0 Å². The van der Waals surface area contributed by atoms with Gasteiger partial charge in [-0.3, -0.25) is 4.79 Å². The first-order valence-electron chi connectivity index (χ1n) is 6.23. The quantitative estimate of drug-likeness (QED) is 0.900. The molecule has 2 aromatic rings. The monoisotopic (exact) mass is 278 g/mol. The van der Waals surface area contributed by atoms with Crippen molar-refractivity contribution in [2.75, 3.05) is 0 Å². The zero-order chi connectivity index (χ0) is 14.7. The lowest BCUT2D eigenvalue weighted by atomic mass is 10.0. The zero-order valence-electron chi connectivity index (χ0n) is 11.2. The molecule has 1 aromatic heterocycles. The molecule has 2 unspecified atom stereocenters. The molecule has 0 aliphatic carbocycles. The average Bonchev–Trinajstić information content (AvgIpc) is 2.85. The summed E-state index contributed by atoms with van der Waals surface area (Å²) < 4.78 is 14.6. The molecule has 1 aromatic carbocycles. The molecular weight excluding hydrogens is 263 g/mol. The summed E-state index contributed by atoms with van der Waals surface area (Å²) in [6, 6.07) is 5.77. The van der Waals surface area contributed by atoms with Gasteiger partial charge in [0, 0.05) is 6.42 Å². The van der Waals surface area contributed by atoms with Gasteiger partial charge in [0.15, 0.2) is 5.82 Å². The average molecular weight is 278 g/mol. The first-order chi connectivity index (χ1) is 9.49. The van der Waals surface area contributed by atoms with Crippen LogP contribution in [0.15, 0.2) is 24.3 Å². The molecule has 0 aliphatic rings. The van der Waals surface area contributed by atoms with Gasteiger partial charge in [-0.05, 0) is 42.0 Å². The second-order valence-electron chi connectivity index (χ2n) is 4.71. The van der Waals surface area contributed by atoms with Crippen LogP contribution in [-0.2, 0) is 11.2 Å². The van der Waals surface area contributed by atoms with Crippen LogP contribution in [0.1, 0.15) is 31.3 Å². The fourth-order valence-electron chi connectivity index (χ4n) is 1.89. The van der Waals surface area contributed by atoms with Crippen molar-refractivity contribution in [3.05, 3.63) is 41.5 Å². The van der Waals surface area contributed by atoms with Crippen molar-refractivity contribution < 1.29 is 14.3 Å². The smallest absolute Gasteiger partial charge is 0.308 e. The van der Waals surface area contributed by atoms with Gasteiger partial charge in [-0.2, -0.15) is 0 Å². The highest BCUT2D eigenvalue weighted by Gasteiger charge is 2.24. The molecule has 1 heterocycles. The van der Waals surface area contributed by atoms with Crippen LogP contribution in [0.2, 0.25) is 0 Å². The van der Waals surface area contributed by atoms with Crippen LogP contribution in [0.25, 0.3) is 0 Å². The van der Waals surface area contributed by atoms with Crippen LogP contribution in [0.3, 0.4) is 0 Å². The summed E-state index contributed by atoms with van der Waals surface area (Å²) >= 11 is 0. The molecule has 1 N–H and O–H groups in total. The van der Waals surface area contributed by atoms with Crippen LogP contribution in [-0.4, -0.2) is 31.3 Å². The van der Waals surface area contributed by atoms with E-state index in [2.05, 4.69) is 15.5 Å². The Morgan fingerprint density at radius 2 is 2.20 bits per heavy atom. The number of aliphatic carboxylic acids is 1. The van der Waals surface area contributed by atoms with Gasteiger partial charge in [0.05, 0.1) is 12.0 Å². The predicted octanol–water partition coefficient (Wildman–Crippen LogP) is 1.68. The Morgan fingerprint density at radius 3 is 2.85 bits per heavy atom.